The molecule has 6 nitrogen and oxygen atoms in total. The summed E-state index contributed by atoms with van der Waals surface area (Å²) in [6, 6.07) is 0. The summed E-state index contributed by atoms with van der Waals surface area (Å²) in [4.78, 5) is 38.5. The van der Waals surface area contributed by atoms with Crippen LogP contribution in [0, 0.1) is 0 Å². The van der Waals surface area contributed by atoms with Gasteiger partial charge in [0, 0.05) is 19.3 Å². The minimum absolute atomic E-state index is 0.0815. The second kappa shape index (κ2) is 67.1. The van der Waals surface area contributed by atoms with Crippen LogP contribution in [0.3, 0.4) is 0 Å². The molecule has 0 bridgehead atoms. The van der Waals surface area contributed by atoms with Gasteiger partial charge < -0.3 is 14.2 Å². The van der Waals surface area contributed by atoms with Crippen LogP contribution >= 0.6 is 0 Å². The highest BCUT2D eigenvalue weighted by molar-refractivity contribution is 5.71. The van der Waals surface area contributed by atoms with E-state index in [1.165, 1.54) is 186 Å². The van der Waals surface area contributed by atoms with Gasteiger partial charge in [0.1, 0.15) is 13.2 Å². The van der Waals surface area contributed by atoms with Gasteiger partial charge in [0.25, 0.3) is 0 Å². The molecule has 0 aromatic rings. The van der Waals surface area contributed by atoms with E-state index in [-0.39, 0.29) is 31.1 Å². The average molecular weight is 1100 g/mol. The number of esters is 3. The molecule has 0 saturated heterocycles. The van der Waals surface area contributed by atoms with Gasteiger partial charge in [0.2, 0.25) is 0 Å². The molecule has 0 fully saturated rings. The van der Waals surface area contributed by atoms with Crippen LogP contribution in [0.5, 0.6) is 0 Å². The first-order chi connectivity index (χ1) is 39.0. The highest BCUT2D eigenvalue weighted by Crippen LogP contribution is 2.17. The van der Waals surface area contributed by atoms with Gasteiger partial charge in [-0.3, -0.25) is 14.4 Å². The van der Waals surface area contributed by atoms with Gasteiger partial charge in [-0.1, -0.05) is 311 Å². The molecular weight excluding hydrogens is 973 g/mol. The van der Waals surface area contributed by atoms with Crippen molar-refractivity contribution in [1.82, 2.24) is 0 Å². The molecule has 0 spiro atoms. The summed E-state index contributed by atoms with van der Waals surface area (Å²) in [5.74, 6) is -0.884. The lowest BCUT2D eigenvalue weighted by Crippen LogP contribution is -2.30. The van der Waals surface area contributed by atoms with Crippen LogP contribution in [-0.4, -0.2) is 37.2 Å². The minimum Gasteiger partial charge on any atom is -0.462 e. The monoisotopic (exact) mass is 1100 g/mol. The second-order valence-electron chi connectivity index (χ2n) is 22.7. The Morgan fingerprint density at radius 2 is 0.494 bits per heavy atom. The van der Waals surface area contributed by atoms with Crippen LogP contribution in [0.25, 0.3) is 0 Å². The molecule has 0 aliphatic carbocycles. The van der Waals surface area contributed by atoms with Crippen LogP contribution in [-0.2, 0) is 28.6 Å². The summed E-state index contributed by atoms with van der Waals surface area (Å²) < 4.78 is 17.0. The molecule has 0 rings (SSSR count). The van der Waals surface area contributed by atoms with Crippen LogP contribution in [0.15, 0.2) is 85.1 Å². The molecule has 0 amide bonds. The first-order valence-electron chi connectivity index (χ1n) is 34.1. The molecule has 1 atom stereocenters. The predicted octanol–water partition coefficient (Wildman–Crippen LogP) is 23.4. The Kier molecular flexibility index (Phi) is 64.2. The van der Waals surface area contributed by atoms with E-state index >= 15 is 0 Å². The molecule has 6 heteroatoms. The standard InChI is InChI=1S/C73H128O6/c1-4-7-10-13-16-19-22-25-28-31-34-36-39-42-45-48-51-54-57-60-63-66-72(75)78-69-70(68-77-71(74)65-62-59-56-53-50-47-44-41-38-33-30-27-24-21-18-15-12-9-6-3)79-73(76)67-64-61-58-55-52-49-46-43-40-37-35-32-29-26-23-20-17-14-11-8-5-2/h7,10,16,19,23,25-26,28,32,34-36,40,43,70H,4-6,8-9,11-15,17-18,20-22,24,27,29-31,33,37-39,41-42,44-69H2,1-3H3/b10-7-,19-16-,26-23-,28-25-,35-32-,36-34-,43-40-. The lowest BCUT2D eigenvalue weighted by Gasteiger charge is -2.18. The summed E-state index contributed by atoms with van der Waals surface area (Å²) in [6.07, 6.45) is 88.7. The molecular formula is C73H128O6. The summed E-state index contributed by atoms with van der Waals surface area (Å²) >= 11 is 0. The quantitative estimate of drug-likeness (QED) is 0.0261. The molecule has 79 heavy (non-hydrogen) atoms. The van der Waals surface area contributed by atoms with Gasteiger partial charge in [-0.25, -0.2) is 0 Å². The van der Waals surface area contributed by atoms with Gasteiger partial charge in [0.05, 0.1) is 0 Å². The van der Waals surface area contributed by atoms with Crippen LogP contribution in [0.2, 0.25) is 0 Å². The molecule has 0 heterocycles. The number of allylic oxidation sites excluding steroid dienone is 14. The molecule has 456 valence electrons. The Morgan fingerprint density at radius 3 is 0.772 bits per heavy atom. The van der Waals surface area contributed by atoms with E-state index in [0.29, 0.717) is 19.3 Å². The molecule has 0 saturated carbocycles. The minimum atomic E-state index is -0.788. The number of carbonyl (C=O) groups excluding carboxylic acids is 3. The van der Waals surface area contributed by atoms with Gasteiger partial charge >= 0.3 is 17.9 Å². The molecule has 0 aromatic heterocycles. The Bertz CT molecular complexity index is 1500. The fourth-order valence-electron chi connectivity index (χ4n) is 9.80. The number of hydrogen-bond donors (Lipinski definition) is 0. The van der Waals surface area contributed by atoms with Gasteiger partial charge in [-0.2, -0.15) is 0 Å². The number of ether oxygens (including phenoxy) is 3. The smallest absolute Gasteiger partial charge is 0.306 e. The van der Waals surface area contributed by atoms with Crippen molar-refractivity contribution in [2.75, 3.05) is 13.2 Å². The third kappa shape index (κ3) is 65.3. The molecule has 0 aliphatic heterocycles. The number of rotatable bonds is 62. The number of carbonyl (C=O) groups is 3. The summed E-state index contributed by atoms with van der Waals surface area (Å²) in [5.41, 5.74) is 0. The first kappa shape index (κ1) is 75.6. The Labute approximate surface area is 490 Å². The summed E-state index contributed by atoms with van der Waals surface area (Å²) in [5, 5.41) is 0. The van der Waals surface area contributed by atoms with E-state index < -0.39 is 6.10 Å². The zero-order valence-electron chi connectivity index (χ0n) is 52.4. The van der Waals surface area contributed by atoms with Gasteiger partial charge in [0.15, 0.2) is 6.10 Å². The highest BCUT2D eigenvalue weighted by atomic mass is 16.6. The van der Waals surface area contributed by atoms with E-state index in [9.17, 15) is 14.4 Å². The molecule has 1 unspecified atom stereocenters. The van der Waals surface area contributed by atoms with Gasteiger partial charge in [-0.15, -0.1) is 0 Å². The maximum absolute atomic E-state index is 13.0. The van der Waals surface area contributed by atoms with Crippen molar-refractivity contribution in [1.29, 1.82) is 0 Å². The summed E-state index contributed by atoms with van der Waals surface area (Å²) in [7, 11) is 0. The van der Waals surface area contributed by atoms with Gasteiger partial charge in [-0.05, 0) is 96.3 Å². The fourth-order valence-corrected chi connectivity index (χ4v) is 9.80. The van der Waals surface area contributed by atoms with Crippen molar-refractivity contribution < 1.29 is 28.6 Å². The molecule has 0 radical (unpaired) electrons. The topological polar surface area (TPSA) is 78.9 Å². The van der Waals surface area contributed by atoms with Crippen molar-refractivity contribution in [2.24, 2.45) is 0 Å². The fraction of sp³-hybridized carbons (Fsp3) is 0.767. The second-order valence-corrected chi connectivity index (χ2v) is 22.7. The Balaban J connectivity index is 4.40. The number of hydrogen-bond acceptors (Lipinski definition) is 6. The Morgan fingerprint density at radius 1 is 0.266 bits per heavy atom. The zero-order valence-corrected chi connectivity index (χ0v) is 52.4. The van der Waals surface area contributed by atoms with E-state index in [4.69, 9.17) is 14.2 Å². The van der Waals surface area contributed by atoms with Crippen molar-refractivity contribution in [3.05, 3.63) is 85.1 Å². The van der Waals surface area contributed by atoms with Crippen LogP contribution in [0.1, 0.15) is 342 Å². The largest absolute Gasteiger partial charge is 0.462 e. The van der Waals surface area contributed by atoms with Crippen molar-refractivity contribution in [2.45, 2.75) is 348 Å². The van der Waals surface area contributed by atoms with E-state index in [1.54, 1.807) is 0 Å². The zero-order chi connectivity index (χ0) is 57.1. The normalized spacial score (nSPS) is 12.6. The summed E-state index contributed by atoms with van der Waals surface area (Å²) in [6.45, 7) is 6.55. The molecule has 0 aromatic carbocycles. The van der Waals surface area contributed by atoms with E-state index in [2.05, 4.69) is 106 Å². The highest BCUT2D eigenvalue weighted by Gasteiger charge is 2.19. The maximum Gasteiger partial charge on any atom is 0.306 e. The molecule has 0 aliphatic rings. The lowest BCUT2D eigenvalue weighted by molar-refractivity contribution is -0.167. The maximum atomic E-state index is 13.0. The van der Waals surface area contributed by atoms with Crippen LogP contribution < -0.4 is 0 Å². The van der Waals surface area contributed by atoms with Crippen molar-refractivity contribution in [3.63, 3.8) is 0 Å². The van der Waals surface area contributed by atoms with E-state index in [1.807, 2.05) is 0 Å². The van der Waals surface area contributed by atoms with E-state index in [0.717, 1.165) is 116 Å². The average Bonchev–Trinajstić information content (AvgIpc) is 3.45. The first-order valence-corrected chi connectivity index (χ1v) is 34.1. The predicted molar refractivity (Wildman–Crippen MR) is 344 cm³/mol. The third-order valence-electron chi connectivity index (χ3n) is 14.9. The third-order valence-corrected chi connectivity index (χ3v) is 14.9. The lowest BCUT2D eigenvalue weighted by atomic mass is 10.0. The van der Waals surface area contributed by atoms with Crippen molar-refractivity contribution in [3.8, 4) is 0 Å². The Hall–Kier alpha value is -3.41. The molecule has 0 N–H and O–H groups in total. The number of unbranched alkanes of at least 4 members (excludes halogenated alkanes) is 37. The van der Waals surface area contributed by atoms with Crippen molar-refractivity contribution >= 4 is 17.9 Å². The van der Waals surface area contributed by atoms with Crippen LogP contribution in [0.4, 0.5) is 0 Å². The SMILES string of the molecule is CC/C=C\C/C=C\C/C=C\C/C=C\CCCCCCCCCCC(=O)OCC(COC(=O)CCCCCCCCCCCCCCCCCCCCC)OC(=O)CCCCCCCC/C=C\C/C=C\C/C=C\CCCCCCC.